The molecule has 1 fully saturated rings. The van der Waals surface area contributed by atoms with Gasteiger partial charge in [-0.3, -0.25) is 14.4 Å². The minimum atomic E-state index is -1.26. The maximum absolute atomic E-state index is 13.1. The molecule has 2 unspecified atom stereocenters. The van der Waals surface area contributed by atoms with Crippen molar-refractivity contribution >= 4 is 52.4 Å². The summed E-state index contributed by atoms with van der Waals surface area (Å²) in [6.45, 7) is 6.59. The summed E-state index contributed by atoms with van der Waals surface area (Å²) >= 11 is 2.09. The molecule has 2 atom stereocenters. The number of carbonyl (C=O) groups excluding carboxylic acids is 4. The number of nitrogens with zero attached hydrogens (tertiary/aromatic N) is 2. The zero-order chi connectivity index (χ0) is 31.5. The van der Waals surface area contributed by atoms with E-state index < -0.39 is 36.0 Å². The quantitative estimate of drug-likeness (QED) is 0.285. The Balaban J connectivity index is 1.55. The van der Waals surface area contributed by atoms with Gasteiger partial charge in [-0.15, -0.1) is 0 Å². The topological polar surface area (TPSA) is 155 Å². The monoisotopic (exact) mass is 708 g/mol. The Morgan fingerprint density at radius 1 is 0.907 bits per heavy atom. The van der Waals surface area contributed by atoms with E-state index in [0.717, 1.165) is 3.57 Å². The number of hydrogen-bond donors (Lipinski definition) is 3. The number of carboxylic acid groups (broad SMARTS) is 1. The molecule has 12 nitrogen and oxygen atoms in total. The van der Waals surface area contributed by atoms with Crippen molar-refractivity contribution in [3.05, 3.63) is 57.7 Å². The van der Waals surface area contributed by atoms with Crippen molar-refractivity contribution in [2.24, 2.45) is 5.92 Å². The normalized spacial score (nSPS) is 14.4. The number of ether oxygens (including phenoxy) is 2. The molecule has 0 aromatic heterocycles. The molecule has 43 heavy (non-hydrogen) atoms. The van der Waals surface area contributed by atoms with Gasteiger partial charge in [0.1, 0.15) is 23.6 Å². The van der Waals surface area contributed by atoms with E-state index in [2.05, 4.69) is 33.2 Å². The summed E-state index contributed by atoms with van der Waals surface area (Å²) in [6.07, 6.45) is -0.259. The molecule has 4 amide bonds. The van der Waals surface area contributed by atoms with Crippen molar-refractivity contribution in [3.8, 4) is 11.5 Å². The third-order valence-electron chi connectivity index (χ3n) is 6.72. The summed E-state index contributed by atoms with van der Waals surface area (Å²) in [5.41, 5.74) is 0.595. The molecule has 0 spiro atoms. The lowest BCUT2D eigenvalue weighted by atomic mass is 10.0. The van der Waals surface area contributed by atoms with Gasteiger partial charge in [0.2, 0.25) is 11.8 Å². The van der Waals surface area contributed by atoms with Crippen molar-refractivity contribution in [1.82, 2.24) is 20.4 Å². The second kappa shape index (κ2) is 16.1. The van der Waals surface area contributed by atoms with Gasteiger partial charge in [-0.1, -0.05) is 38.1 Å². The first kappa shape index (κ1) is 33.6. The summed E-state index contributed by atoms with van der Waals surface area (Å²) < 4.78 is 11.8. The van der Waals surface area contributed by atoms with Crippen LogP contribution in [-0.4, -0.2) is 89.6 Å². The summed E-state index contributed by atoms with van der Waals surface area (Å²) in [7, 11) is 0. The largest absolute Gasteiger partial charge is 0.483 e. The van der Waals surface area contributed by atoms with Crippen LogP contribution in [0.5, 0.6) is 11.5 Å². The first-order chi connectivity index (χ1) is 20.4. The number of carbonyl (C=O) groups is 5. The number of benzene rings is 2. The van der Waals surface area contributed by atoms with Crippen LogP contribution < -0.4 is 20.1 Å². The number of piperazine rings is 1. The van der Waals surface area contributed by atoms with E-state index in [1.807, 2.05) is 26.0 Å². The highest BCUT2D eigenvalue weighted by Gasteiger charge is 2.28. The second-order valence-electron chi connectivity index (χ2n) is 10.6. The molecule has 3 N–H and O–H groups in total. The van der Waals surface area contributed by atoms with Crippen molar-refractivity contribution in [1.29, 1.82) is 0 Å². The Morgan fingerprint density at radius 3 is 2.12 bits per heavy atom. The van der Waals surface area contributed by atoms with Crippen LogP contribution in [-0.2, 0) is 25.6 Å². The van der Waals surface area contributed by atoms with E-state index >= 15 is 0 Å². The SMILES string of the molecule is CC(=O)N1CCN(C(=O)Oc2ccc(CC(NC(=O)C(CC(C)C)NC(=O)COc3ccccc3I)C(=O)O)cc2)CC1. The van der Waals surface area contributed by atoms with E-state index in [9.17, 15) is 29.1 Å². The molecule has 1 aliphatic rings. The van der Waals surface area contributed by atoms with Gasteiger partial charge in [-0.2, -0.15) is 0 Å². The standard InChI is InChI=1S/C30H37IN4O8/c1-19(2)16-24(32-27(37)18-42-26-7-5-4-6-23(26)31)28(38)33-25(29(39)40)17-21-8-10-22(11-9-21)43-30(41)35-14-12-34(13-15-35)20(3)36/h4-11,19,24-25H,12-18H2,1-3H3,(H,32,37)(H,33,38)(H,39,40). The zero-order valence-corrected chi connectivity index (χ0v) is 26.5. The van der Waals surface area contributed by atoms with E-state index in [4.69, 9.17) is 9.47 Å². The highest BCUT2D eigenvalue weighted by molar-refractivity contribution is 14.1. The fourth-order valence-corrected chi connectivity index (χ4v) is 4.96. The minimum absolute atomic E-state index is 0.0276. The second-order valence-corrected chi connectivity index (χ2v) is 11.7. The fourth-order valence-electron chi connectivity index (χ4n) is 4.41. The molecule has 0 bridgehead atoms. The van der Waals surface area contributed by atoms with Crippen LogP contribution >= 0.6 is 22.6 Å². The van der Waals surface area contributed by atoms with Crippen LogP contribution in [0.15, 0.2) is 48.5 Å². The van der Waals surface area contributed by atoms with Crippen molar-refractivity contribution in [3.63, 3.8) is 0 Å². The number of hydrogen-bond acceptors (Lipinski definition) is 7. The lowest BCUT2D eigenvalue weighted by Gasteiger charge is -2.33. The van der Waals surface area contributed by atoms with Crippen LogP contribution in [0.3, 0.4) is 0 Å². The van der Waals surface area contributed by atoms with Crippen molar-refractivity contribution in [2.75, 3.05) is 32.8 Å². The average Bonchev–Trinajstić information content (AvgIpc) is 2.96. The molecule has 232 valence electrons. The first-order valence-corrected chi connectivity index (χ1v) is 15.0. The van der Waals surface area contributed by atoms with Gasteiger partial charge in [-0.25, -0.2) is 9.59 Å². The number of aliphatic carboxylic acids is 1. The lowest BCUT2D eigenvalue weighted by molar-refractivity contribution is -0.142. The molecular formula is C30H37IN4O8. The molecule has 13 heteroatoms. The molecule has 0 saturated carbocycles. The Bertz CT molecular complexity index is 1300. The molecule has 1 aliphatic heterocycles. The van der Waals surface area contributed by atoms with Crippen molar-refractivity contribution in [2.45, 2.75) is 45.7 Å². The van der Waals surface area contributed by atoms with Gasteiger partial charge in [0.15, 0.2) is 6.61 Å². The highest BCUT2D eigenvalue weighted by atomic mass is 127. The molecule has 1 heterocycles. The van der Waals surface area contributed by atoms with Gasteiger partial charge < -0.3 is 35.0 Å². The Hall–Kier alpha value is -3.88. The zero-order valence-electron chi connectivity index (χ0n) is 24.4. The van der Waals surface area contributed by atoms with Crippen LogP contribution in [0.25, 0.3) is 0 Å². The molecule has 3 rings (SSSR count). The lowest BCUT2D eigenvalue weighted by Crippen LogP contribution is -2.53. The fraction of sp³-hybridized carbons (Fsp3) is 0.433. The van der Waals surface area contributed by atoms with E-state index in [0.29, 0.717) is 43.9 Å². The van der Waals surface area contributed by atoms with Crippen LogP contribution in [0.1, 0.15) is 32.8 Å². The number of nitrogens with one attached hydrogen (secondary N) is 2. The van der Waals surface area contributed by atoms with Gasteiger partial charge in [0.25, 0.3) is 5.91 Å². The van der Waals surface area contributed by atoms with Crippen LogP contribution in [0, 0.1) is 9.49 Å². The third kappa shape index (κ3) is 10.7. The van der Waals surface area contributed by atoms with E-state index in [1.54, 1.807) is 41.3 Å². The molecule has 0 aliphatic carbocycles. The van der Waals surface area contributed by atoms with Crippen LogP contribution in [0.4, 0.5) is 4.79 Å². The van der Waals surface area contributed by atoms with Gasteiger partial charge in [0.05, 0.1) is 3.57 Å². The van der Waals surface area contributed by atoms with Crippen molar-refractivity contribution < 1.29 is 38.6 Å². The Labute approximate surface area is 264 Å². The van der Waals surface area contributed by atoms with Gasteiger partial charge >= 0.3 is 12.1 Å². The maximum atomic E-state index is 13.1. The predicted molar refractivity (Wildman–Crippen MR) is 166 cm³/mol. The number of para-hydroxylation sites is 1. The predicted octanol–water partition coefficient (Wildman–Crippen LogP) is 2.68. The molecular weight excluding hydrogens is 671 g/mol. The van der Waals surface area contributed by atoms with Crippen LogP contribution in [0.2, 0.25) is 0 Å². The average molecular weight is 709 g/mol. The molecule has 2 aromatic carbocycles. The number of carboxylic acids is 1. The van der Waals surface area contributed by atoms with E-state index in [-0.39, 0.29) is 30.6 Å². The third-order valence-corrected chi connectivity index (χ3v) is 7.61. The number of halogens is 1. The minimum Gasteiger partial charge on any atom is -0.483 e. The molecule has 1 saturated heterocycles. The number of amides is 4. The smallest absolute Gasteiger partial charge is 0.415 e. The molecule has 0 radical (unpaired) electrons. The summed E-state index contributed by atoms with van der Waals surface area (Å²) in [4.78, 5) is 64.9. The Kier molecular flexibility index (Phi) is 12.6. The Morgan fingerprint density at radius 2 is 1.53 bits per heavy atom. The molecule has 2 aromatic rings. The number of rotatable bonds is 12. The van der Waals surface area contributed by atoms with Gasteiger partial charge in [-0.05, 0) is 64.8 Å². The summed E-state index contributed by atoms with van der Waals surface area (Å²) in [5.74, 6) is -1.51. The van der Waals surface area contributed by atoms with Gasteiger partial charge in [0, 0.05) is 39.5 Å². The highest BCUT2D eigenvalue weighted by Crippen LogP contribution is 2.19. The summed E-state index contributed by atoms with van der Waals surface area (Å²) in [5, 5.41) is 15.0. The maximum Gasteiger partial charge on any atom is 0.415 e. The summed E-state index contributed by atoms with van der Waals surface area (Å²) in [6, 6.07) is 11.3. The first-order valence-electron chi connectivity index (χ1n) is 13.9. The van der Waals surface area contributed by atoms with E-state index in [1.165, 1.54) is 11.8 Å².